The van der Waals surface area contributed by atoms with E-state index in [0.717, 1.165) is 17.8 Å². The molecule has 0 fully saturated rings. The molecule has 0 atom stereocenters. The van der Waals surface area contributed by atoms with E-state index in [1.54, 1.807) is 0 Å². The number of likely N-dealkylation sites (N-methyl/N-ethyl adjacent to an activating group) is 1. The summed E-state index contributed by atoms with van der Waals surface area (Å²) in [6, 6.07) is 9.67. The second-order valence-corrected chi connectivity index (χ2v) is 5.92. The predicted molar refractivity (Wildman–Crippen MR) is 81.5 cm³/mol. The molecule has 20 heavy (non-hydrogen) atoms. The van der Waals surface area contributed by atoms with Gasteiger partial charge < -0.3 is 10.6 Å². The Morgan fingerprint density at radius 2 is 1.75 bits per heavy atom. The number of carbonyl (C=O) groups is 1. The van der Waals surface area contributed by atoms with Crippen molar-refractivity contribution in [1.82, 2.24) is 5.32 Å². The highest BCUT2D eigenvalue weighted by Crippen LogP contribution is 2.23. The molecule has 0 spiro atoms. The van der Waals surface area contributed by atoms with Gasteiger partial charge >= 0.3 is 0 Å². The van der Waals surface area contributed by atoms with Crippen molar-refractivity contribution in [3.8, 4) is 6.07 Å². The second-order valence-electron chi connectivity index (χ2n) is 5.92. The number of nitrogens with zero attached hydrogens (tertiary/aromatic N) is 1. The van der Waals surface area contributed by atoms with E-state index in [2.05, 4.69) is 16.7 Å². The van der Waals surface area contributed by atoms with Gasteiger partial charge in [0.1, 0.15) is 0 Å². The maximum atomic E-state index is 12.1. The van der Waals surface area contributed by atoms with Gasteiger partial charge in [0, 0.05) is 5.69 Å². The molecule has 1 aromatic rings. The molecular weight excluding hydrogens is 250 g/mol. The molecule has 4 heteroatoms. The average molecular weight is 273 g/mol. The molecule has 4 nitrogen and oxygen atoms in total. The number of benzene rings is 1. The molecule has 0 bridgehead atoms. The number of amides is 1. The molecule has 0 unspecified atom stereocenters. The largest absolute Gasteiger partial charge is 0.325 e. The van der Waals surface area contributed by atoms with E-state index in [1.165, 1.54) is 0 Å². The summed E-state index contributed by atoms with van der Waals surface area (Å²) in [6.45, 7) is 10.1. The fourth-order valence-electron chi connectivity index (χ4n) is 1.84. The number of rotatable bonds is 5. The monoisotopic (exact) mass is 273 g/mol. The van der Waals surface area contributed by atoms with E-state index < -0.39 is 11.0 Å². The maximum absolute atomic E-state index is 12.1. The van der Waals surface area contributed by atoms with Crippen molar-refractivity contribution in [1.29, 1.82) is 5.26 Å². The number of hydrogen-bond donors (Lipinski definition) is 2. The van der Waals surface area contributed by atoms with Gasteiger partial charge in [0.2, 0.25) is 5.91 Å². The molecule has 0 saturated carbocycles. The first-order chi connectivity index (χ1) is 9.23. The second kappa shape index (κ2) is 6.06. The minimum absolute atomic E-state index is 0.0772. The smallest absolute Gasteiger partial charge is 0.244 e. The predicted octanol–water partition coefficient (Wildman–Crippen LogP) is 2.81. The van der Waals surface area contributed by atoms with E-state index in [-0.39, 0.29) is 5.91 Å². The van der Waals surface area contributed by atoms with E-state index in [0.29, 0.717) is 0 Å². The molecule has 0 radical (unpaired) electrons. The van der Waals surface area contributed by atoms with Crippen LogP contribution in [0.2, 0.25) is 0 Å². The standard InChI is InChI=1S/C16H23N3O/c1-6-18-16(4,5)14(20)19-13-9-7-12(8-10-13)15(2,3)11-17/h7-10,18H,6H2,1-5H3,(H,19,20). The first-order valence-corrected chi connectivity index (χ1v) is 6.81. The number of nitrogens with one attached hydrogen (secondary N) is 2. The average Bonchev–Trinajstić information content (AvgIpc) is 2.39. The summed E-state index contributed by atoms with van der Waals surface area (Å²) >= 11 is 0. The maximum Gasteiger partial charge on any atom is 0.244 e. The molecule has 1 aromatic carbocycles. The minimum atomic E-state index is -0.612. The Morgan fingerprint density at radius 1 is 1.20 bits per heavy atom. The first kappa shape index (κ1) is 16.2. The van der Waals surface area contributed by atoms with Crippen LogP contribution >= 0.6 is 0 Å². The summed E-state index contributed by atoms with van der Waals surface area (Å²) in [7, 11) is 0. The Kier molecular flexibility index (Phi) is 4.91. The van der Waals surface area contributed by atoms with Crippen molar-refractivity contribution >= 4 is 11.6 Å². The number of hydrogen-bond acceptors (Lipinski definition) is 3. The minimum Gasteiger partial charge on any atom is -0.325 e. The Hall–Kier alpha value is -1.86. The van der Waals surface area contributed by atoms with Crippen LogP contribution in [0.15, 0.2) is 24.3 Å². The molecule has 108 valence electrons. The van der Waals surface area contributed by atoms with Crippen molar-refractivity contribution in [3.63, 3.8) is 0 Å². The lowest BCUT2D eigenvalue weighted by Gasteiger charge is -2.24. The Labute approximate surface area is 121 Å². The summed E-state index contributed by atoms with van der Waals surface area (Å²) < 4.78 is 0. The Morgan fingerprint density at radius 3 is 2.20 bits per heavy atom. The topological polar surface area (TPSA) is 64.9 Å². The zero-order valence-corrected chi connectivity index (χ0v) is 12.9. The van der Waals surface area contributed by atoms with Crippen molar-refractivity contribution < 1.29 is 4.79 Å². The van der Waals surface area contributed by atoms with Crippen LogP contribution in [0.25, 0.3) is 0 Å². The third-order valence-corrected chi connectivity index (χ3v) is 3.33. The van der Waals surface area contributed by atoms with E-state index >= 15 is 0 Å². The van der Waals surface area contributed by atoms with Crippen molar-refractivity contribution in [3.05, 3.63) is 29.8 Å². The molecule has 0 aliphatic carbocycles. The summed E-state index contributed by atoms with van der Waals surface area (Å²) in [4.78, 5) is 12.1. The van der Waals surface area contributed by atoms with Crippen molar-refractivity contribution in [2.75, 3.05) is 11.9 Å². The number of carbonyl (C=O) groups excluding carboxylic acids is 1. The molecule has 1 amide bonds. The fourth-order valence-corrected chi connectivity index (χ4v) is 1.84. The molecule has 0 aliphatic rings. The van der Waals surface area contributed by atoms with Gasteiger partial charge in [0.15, 0.2) is 0 Å². The van der Waals surface area contributed by atoms with Crippen LogP contribution < -0.4 is 10.6 Å². The van der Waals surface area contributed by atoms with Crippen LogP contribution in [0.1, 0.15) is 40.2 Å². The summed E-state index contributed by atoms with van der Waals surface area (Å²) in [5, 5.41) is 15.1. The molecule has 0 saturated heterocycles. The Bertz CT molecular complexity index is 510. The summed E-state index contributed by atoms with van der Waals surface area (Å²) in [6.07, 6.45) is 0. The molecular formula is C16H23N3O. The molecule has 0 heterocycles. The Balaban J connectivity index is 2.82. The van der Waals surface area contributed by atoms with Gasteiger partial charge in [-0.15, -0.1) is 0 Å². The first-order valence-electron chi connectivity index (χ1n) is 6.81. The van der Waals surface area contributed by atoms with Crippen LogP contribution in [0.3, 0.4) is 0 Å². The lowest BCUT2D eigenvalue weighted by Crippen LogP contribution is -2.49. The third-order valence-electron chi connectivity index (χ3n) is 3.33. The van der Waals surface area contributed by atoms with E-state index in [1.807, 2.05) is 58.9 Å². The van der Waals surface area contributed by atoms with Gasteiger partial charge in [0.25, 0.3) is 0 Å². The highest BCUT2D eigenvalue weighted by molar-refractivity contribution is 5.97. The molecule has 0 aliphatic heterocycles. The number of nitriles is 1. The lowest BCUT2D eigenvalue weighted by molar-refractivity contribution is -0.121. The van der Waals surface area contributed by atoms with Gasteiger partial charge in [-0.1, -0.05) is 19.1 Å². The summed E-state index contributed by atoms with van der Waals surface area (Å²) in [5.74, 6) is -0.0772. The zero-order chi connectivity index (χ0) is 15.4. The van der Waals surface area contributed by atoms with Crippen LogP contribution in [0.5, 0.6) is 0 Å². The SMILES string of the molecule is CCNC(C)(C)C(=O)Nc1ccc(C(C)(C)C#N)cc1. The number of anilines is 1. The van der Waals surface area contributed by atoms with Crippen molar-refractivity contribution in [2.24, 2.45) is 0 Å². The zero-order valence-electron chi connectivity index (χ0n) is 12.9. The van der Waals surface area contributed by atoms with Gasteiger partial charge in [-0.2, -0.15) is 5.26 Å². The van der Waals surface area contributed by atoms with Crippen LogP contribution in [0.4, 0.5) is 5.69 Å². The van der Waals surface area contributed by atoms with Crippen LogP contribution in [-0.4, -0.2) is 18.0 Å². The third kappa shape index (κ3) is 3.82. The summed E-state index contributed by atoms with van der Waals surface area (Å²) in [5.41, 5.74) is 0.535. The van der Waals surface area contributed by atoms with Gasteiger partial charge in [-0.25, -0.2) is 0 Å². The normalized spacial score (nSPS) is 11.8. The van der Waals surface area contributed by atoms with E-state index in [4.69, 9.17) is 5.26 Å². The quantitative estimate of drug-likeness (QED) is 0.867. The van der Waals surface area contributed by atoms with Gasteiger partial charge in [-0.3, -0.25) is 4.79 Å². The highest BCUT2D eigenvalue weighted by Gasteiger charge is 2.26. The van der Waals surface area contributed by atoms with Crippen LogP contribution in [-0.2, 0) is 10.2 Å². The van der Waals surface area contributed by atoms with Gasteiger partial charge in [-0.05, 0) is 51.9 Å². The fraction of sp³-hybridized carbons (Fsp3) is 0.500. The van der Waals surface area contributed by atoms with Gasteiger partial charge in [0.05, 0.1) is 17.0 Å². The van der Waals surface area contributed by atoms with Crippen LogP contribution in [0, 0.1) is 11.3 Å². The molecule has 0 aromatic heterocycles. The molecule has 1 rings (SSSR count). The lowest BCUT2D eigenvalue weighted by atomic mass is 9.86. The molecule has 2 N–H and O–H groups in total. The van der Waals surface area contributed by atoms with E-state index in [9.17, 15) is 4.79 Å². The highest BCUT2D eigenvalue weighted by atomic mass is 16.2. The van der Waals surface area contributed by atoms with Crippen molar-refractivity contribution in [2.45, 2.75) is 45.6 Å².